The molecule has 0 amide bonds. The first-order valence-electron chi connectivity index (χ1n) is 8.64. The van der Waals surface area contributed by atoms with Crippen molar-refractivity contribution < 1.29 is 27.8 Å². The maximum Gasteiger partial charge on any atom is 0.416 e. The first-order chi connectivity index (χ1) is 13.6. The average molecular weight is 445 g/mol. The zero-order chi connectivity index (χ0) is 21.6. The quantitative estimate of drug-likeness (QED) is 0.373. The number of ether oxygens (including phenoxy) is 1. The van der Waals surface area contributed by atoms with Crippen LogP contribution in [0.1, 0.15) is 25.0 Å². The number of benzene rings is 2. The van der Waals surface area contributed by atoms with E-state index >= 15 is 0 Å². The number of allylic oxidation sites excluding steroid dienone is 1. The fourth-order valence-electron chi connectivity index (χ4n) is 2.35. The lowest BCUT2D eigenvalue weighted by molar-refractivity contribution is -0.138. The number of thioether (sulfide) groups is 1. The average Bonchev–Trinajstić information content (AvgIpc) is 2.62. The smallest absolute Gasteiger partial charge is 0.416 e. The van der Waals surface area contributed by atoms with E-state index < -0.39 is 17.7 Å². The summed E-state index contributed by atoms with van der Waals surface area (Å²) in [5.74, 6) is 0.0209. The van der Waals surface area contributed by atoms with Gasteiger partial charge >= 0.3 is 12.1 Å². The Bertz CT molecular complexity index is 889. The van der Waals surface area contributed by atoms with Crippen LogP contribution in [0.25, 0.3) is 0 Å². The molecule has 0 saturated carbocycles. The molecule has 2 aromatic rings. The van der Waals surface area contributed by atoms with Crippen LogP contribution in [0.5, 0.6) is 5.75 Å². The fraction of sp³-hybridized carbons (Fsp3) is 0.286. The minimum Gasteiger partial charge on any atom is -0.489 e. The number of rotatable bonds is 8. The van der Waals surface area contributed by atoms with Crippen LogP contribution in [-0.4, -0.2) is 23.4 Å². The van der Waals surface area contributed by atoms with Crippen molar-refractivity contribution in [3.8, 4) is 5.75 Å². The molecular weight excluding hydrogens is 425 g/mol. The van der Waals surface area contributed by atoms with Gasteiger partial charge in [-0.15, -0.1) is 11.8 Å². The Morgan fingerprint density at radius 1 is 1.14 bits per heavy atom. The molecule has 2 rings (SSSR count). The summed E-state index contributed by atoms with van der Waals surface area (Å²) in [5.41, 5.74) is 1.94. The zero-order valence-electron chi connectivity index (χ0n) is 15.8. The summed E-state index contributed by atoms with van der Waals surface area (Å²) in [4.78, 5) is 11.6. The largest absolute Gasteiger partial charge is 0.489 e. The lowest BCUT2D eigenvalue weighted by atomic mass is 10.1. The maximum atomic E-state index is 12.6. The third-order valence-electron chi connectivity index (χ3n) is 4.06. The maximum absolute atomic E-state index is 12.6. The molecule has 0 spiro atoms. The van der Waals surface area contributed by atoms with E-state index in [-0.39, 0.29) is 13.0 Å². The SMILES string of the molecule is CC(C)=C(COc1ccc(C(F)(F)F)cc1)CSc1ccc(CC(=O)O)cc1Cl. The molecule has 8 heteroatoms. The second kappa shape index (κ2) is 10.1. The van der Waals surface area contributed by atoms with Crippen LogP contribution in [0.15, 0.2) is 58.5 Å². The predicted octanol–water partition coefficient (Wildman–Crippen LogP) is 6.49. The summed E-state index contributed by atoms with van der Waals surface area (Å²) in [6, 6.07) is 9.73. The van der Waals surface area contributed by atoms with Crippen molar-refractivity contribution in [2.75, 3.05) is 12.4 Å². The summed E-state index contributed by atoms with van der Waals surface area (Å²) >= 11 is 7.73. The van der Waals surface area contributed by atoms with E-state index in [1.54, 1.807) is 18.2 Å². The zero-order valence-corrected chi connectivity index (χ0v) is 17.4. The molecule has 0 fully saturated rings. The third-order valence-corrected chi connectivity index (χ3v) is 5.64. The fourth-order valence-corrected chi connectivity index (χ4v) is 3.78. The number of hydrogen-bond donors (Lipinski definition) is 1. The van der Waals surface area contributed by atoms with Crippen molar-refractivity contribution in [3.05, 3.63) is 69.8 Å². The van der Waals surface area contributed by atoms with E-state index in [0.29, 0.717) is 22.1 Å². The van der Waals surface area contributed by atoms with Gasteiger partial charge in [-0.05, 0) is 61.4 Å². The van der Waals surface area contributed by atoms with Gasteiger partial charge in [-0.1, -0.05) is 23.2 Å². The lowest BCUT2D eigenvalue weighted by Crippen LogP contribution is -2.07. The molecule has 1 N–H and O–H groups in total. The molecule has 0 aliphatic carbocycles. The van der Waals surface area contributed by atoms with Gasteiger partial charge in [-0.3, -0.25) is 4.79 Å². The standard InChI is InChI=1S/C21H20ClF3O3S/c1-13(2)15(11-28-17-6-4-16(5-7-17)21(23,24)25)12-29-19-8-3-14(9-18(19)22)10-20(26)27/h3-9H,10-12H2,1-2H3,(H,26,27). The molecule has 0 heterocycles. The molecule has 156 valence electrons. The summed E-state index contributed by atoms with van der Waals surface area (Å²) in [5, 5.41) is 9.33. The number of carboxylic acids is 1. The van der Waals surface area contributed by atoms with Gasteiger partial charge in [-0.25, -0.2) is 0 Å². The molecule has 29 heavy (non-hydrogen) atoms. The normalized spacial score (nSPS) is 11.2. The Balaban J connectivity index is 1.97. The first-order valence-corrected chi connectivity index (χ1v) is 10.0. The van der Waals surface area contributed by atoms with E-state index in [4.69, 9.17) is 21.4 Å². The van der Waals surface area contributed by atoms with E-state index in [1.807, 2.05) is 13.8 Å². The van der Waals surface area contributed by atoms with Gasteiger partial charge in [0.15, 0.2) is 0 Å². The van der Waals surface area contributed by atoms with Crippen LogP contribution < -0.4 is 4.74 Å². The molecule has 3 nitrogen and oxygen atoms in total. The Kier molecular flexibility index (Phi) is 8.05. The summed E-state index contributed by atoms with van der Waals surface area (Å²) < 4.78 is 43.5. The van der Waals surface area contributed by atoms with Gasteiger partial charge in [0.05, 0.1) is 17.0 Å². The number of alkyl halides is 3. The monoisotopic (exact) mass is 444 g/mol. The Morgan fingerprint density at radius 3 is 2.31 bits per heavy atom. The third kappa shape index (κ3) is 7.33. The van der Waals surface area contributed by atoms with E-state index in [1.165, 1.54) is 23.9 Å². The van der Waals surface area contributed by atoms with Crippen LogP contribution in [0.4, 0.5) is 13.2 Å². The van der Waals surface area contributed by atoms with Gasteiger partial charge < -0.3 is 9.84 Å². The number of carboxylic acid groups (broad SMARTS) is 1. The predicted molar refractivity (Wildman–Crippen MR) is 109 cm³/mol. The van der Waals surface area contributed by atoms with Crippen LogP contribution in [0.2, 0.25) is 5.02 Å². The van der Waals surface area contributed by atoms with Gasteiger partial charge in [0.25, 0.3) is 0 Å². The Morgan fingerprint density at radius 2 is 1.79 bits per heavy atom. The molecule has 0 aromatic heterocycles. The number of hydrogen-bond acceptors (Lipinski definition) is 3. The summed E-state index contributed by atoms with van der Waals surface area (Å²) in [6.45, 7) is 4.11. The molecule has 0 bridgehead atoms. The molecule has 0 saturated heterocycles. The highest BCUT2D eigenvalue weighted by molar-refractivity contribution is 7.99. The van der Waals surface area contributed by atoms with Gasteiger partial charge in [0.1, 0.15) is 12.4 Å². The molecular formula is C21H20ClF3O3S. The lowest BCUT2D eigenvalue weighted by Gasteiger charge is -2.14. The van der Waals surface area contributed by atoms with Crippen molar-refractivity contribution in [2.24, 2.45) is 0 Å². The number of aliphatic carboxylic acids is 1. The van der Waals surface area contributed by atoms with Crippen molar-refractivity contribution in [1.29, 1.82) is 0 Å². The molecule has 0 aliphatic rings. The molecule has 0 radical (unpaired) electrons. The van der Waals surface area contributed by atoms with Gasteiger partial charge in [0.2, 0.25) is 0 Å². The molecule has 0 atom stereocenters. The highest BCUT2D eigenvalue weighted by atomic mass is 35.5. The second-order valence-corrected chi connectivity index (χ2v) is 7.96. The summed E-state index contributed by atoms with van der Waals surface area (Å²) in [7, 11) is 0. The molecule has 2 aromatic carbocycles. The van der Waals surface area contributed by atoms with Crippen molar-refractivity contribution >= 4 is 29.3 Å². The van der Waals surface area contributed by atoms with Crippen LogP contribution in [-0.2, 0) is 17.4 Å². The topological polar surface area (TPSA) is 46.5 Å². The van der Waals surface area contributed by atoms with Crippen molar-refractivity contribution in [1.82, 2.24) is 0 Å². The minimum absolute atomic E-state index is 0.0924. The number of halogens is 4. The van der Waals surface area contributed by atoms with E-state index in [0.717, 1.165) is 28.2 Å². The first kappa shape index (κ1) is 23.2. The second-order valence-electron chi connectivity index (χ2n) is 6.54. The van der Waals surface area contributed by atoms with Crippen LogP contribution >= 0.6 is 23.4 Å². The highest BCUT2D eigenvalue weighted by Crippen LogP contribution is 2.32. The Labute approximate surface area is 176 Å². The van der Waals surface area contributed by atoms with Crippen LogP contribution in [0, 0.1) is 0 Å². The van der Waals surface area contributed by atoms with Gasteiger partial charge in [-0.2, -0.15) is 13.2 Å². The molecule has 0 unspecified atom stereocenters. The summed E-state index contributed by atoms with van der Waals surface area (Å²) in [6.07, 6.45) is -4.47. The van der Waals surface area contributed by atoms with Crippen molar-refractivity contribution in [2.45, 2.75) is 31.3 Å². The van der Waals surface area contributed by atoms with Crippen LogP contribution in [0.3, 0.4) is 0 Å². The minimum atomic E-state index is -4.38. The highest BCUT2D eigenvalue weighted by Gasteiger charge is 2.30. The molecule has 0 aliphatic heterocycles. The van der Waals surface area contributed by atoms with Gasteiger partial charge in [0, 0.05) is 10.6 Å². The number of carbonyl (C=O) groups is 1. The van der Waals surface area contributed by atoms with E-state index in [9.17, 15) is 18.0 Å². The Hall–Kier alpha value is -2.12. The van der Waals surface area contributed by atoms with Crippen molar-refractivity contribution in [3.63, 3.8) is 0 Å². The van der Waals surface area contributed by atoms with E-state index in [2.05, 4.69) is 0 Å².